The Balaban J connectivity index is 2.84. The number of aryl methyl sites for hydroxylation is 1. The van der Waals surface area contributed by atoms with Crippen LogP contribution in [0, 0.1) is 29.2 Å². The minimum Gasteiger partial charge on any atom is -0.324 e. The molecule has 0 fully saturated rings. The van der Waals surface area contributed by atoms with Crippen molar-refractivity contribution in [2.75, 3.05) is 0 Å². The number of rotatable bonds is 21. The van der Waals surface area contributed by atoms with Crippen LogP contribution in [0.25, 0.3) is 0 Å². The second-order valence-electron chi connectivity index (χ2n) is 11.3. The van der Waals surface area contributed by atoms with Crippen LogP contribution < -0.4 is 0 Å². The average Bonchev–Trinajstić information content (AvgIpc) is 2.82. The Bertz CT molecular complexity index is 756. The van der Waals surface area contributed by atoms with Gasteiger partial charge in [0, 0.05) is 5.92 Å². The molecule has 0 heterocycles. The highest BCUT2D eigenvalue weighted by Gasteiger charge is 2.44. The molecule has 0 N–H and O–H groups in total. The van der Waals surface area contributed by atoms with Gasteiger partial charge in [-0.15, -0.1) is 0 Å². The summed E-state index contributed by atoms with van der Waals surface area (Å²) >= 11 is 0. The minimum absolute atomic E-state index is 0.0404. The molecule has 222 valence electrons. The van der Waals surface area contributed by atoms with Crippen molar-refractivity contribution in [1.29, 1.82) is 0 Å². The van der Waals surface area contributed by atoms with Crippen molar-refractivity contribution in [3.63, 3.8) is 0 Å². The molecule has 0 saturated carbocycles. The lowest BCUT2D eigenvalue weighted by molar-refractivity contribution is -0.433. The van der Waals surface area contributed by atoms with Gasteiger partial charge in [-0.25, -0.2) is 17.6 Å². The van der Waals surface area contributed by atoms with E-state index in [9.17, 15) is 17.6 Å². The molecule has 1 rings (SSSR count). The summed E-state index contributed by atoms with van der Waals surface area (Å²) in [6, 6.07) is 0.758. The molecular weight excluding hydrogens is 496 g/mol. The zero-order valence-electron chi connectivity index (χ0n) is 24.8. The lowest BCUT2D eigenvalue weighted by Gasteiger charge is -2.43. The highest BCUT2D eigenvalue weighted by molar-refractivity contribution is 5.21. The van der Waals surface area contributed by atoms with Crippen molar-refractivity contribution in [3.8, 4) is 0 Å². The molecule has 38 heavy (non-hydrogen) atoms. The van der Waals surface area contributed by atoms with E-state index in [1.807, 2.05) is 41.5 Å². The van der Waals surface area contributed by atoms with Crippen molar-refractivity contribution in [3.05, 3.63) is 34.9 Å². The molecular formula is C31H52F4O3. The summed E-state index contributed by atoms with van der Waals surface area (Å²) in [4.78, 5) is 0. The molecule has 0 aliphatic rings. The monoisotopic (exact) mass is 548 g/mol. The zero-order chi connectivity index (χ0) is 28.7. The third kappa shape index (κ3) is 12.3. The average molecular weight is 549 g/mol. The summed E-state index contributed by atoms with van der Waals surface area (Å²) in [6.07, 6.45) is 12.0. The Labute approximate surface area is 229 Å². The van der Waals surface area contributed by atoms with E-state index in [4.69, 9.17) is 14.2 Å². The molecule has 1 atom stereocenters. The molecule has 0 aliphatic heterocycles. The van der Waals surface area contributed by atoms with Crippen LogP contribution in [-0.4, -0.2) is 24.3 Å². The van der Waals surface area contributed by atoms with Crippen LogP contribution in [0.2, 0.25) is 0 Å². The fourth-order valence-electron chi connectivity index (χ4n) is 4.89. The lowest BCUT2D eigenvalue weighted by Crippen LogP contribution is -2.50. The van der Waals surface area contributed by atoms with Gasteiger partial charge in [0.05, 0.1) is 18.3 Å². The Morgan fingerprint density at radius 1 is 0.605 bits per heavy atom. The standard InChI is InChI=1S/C31H52F4O3/c1-8-9-10-11-12-16-19-26(31(36-22(2)3,37-23(4)5)38-24(6)7)20-17-14-13-15-18-25-21-27(32)29(34)30(35)28(25)33/h21-24,26H,8-20H2,1-7H3. The lowest BCUT2D eigenvalue weighted by atomic mass is 9.91. The third-order valence-corrected chi connectivity index (χ3v) is 6.53. The van der Waals surface area contributed by atoms with Crippen LogP contribution in [-0.2, 0) is 20.6 Å². The maximum Gasteiger partial charge on any atom is 0.286 e. The van der Waals surface area contributed by atoms with E-state index in [0.717, 1.165) is 51.0 Å². The number of halogens is 4. The Morgan fingerprint density at radius 3 is 1.53 bits per heavy atom. The van der Waals surface area contributed by atoms with Crippen molar-refractivity contribution in [2.45, 2.75) is 156 Å². The van der Waals surface area contributed by atoms with Crippen molar-refractivity contribution in [2.24, 2.45) is 5.92 Å². The molecule has 7 heteroatoms. The van der Waals surface area contributed by atoms with Gasteiger partial charge in [0.2, 0.25) is 0 Å². The largest absolute Gasteiger partial charge is 0.324 e. The summed E-state index contributed by atoms with van der Waals surface area (Å²) in [5.74, 6) is -7.25. The van der Waals surface area contributed by atoms with Gasteiger partial charge >= 0.3 is 0 Å². The third-order valence-electron chi connectivity index (χ3n) is 6.53. The van der Waals surface area contributed by atoms with Crippen molar-refractivity contribution < 1.29 is 31.8 Å². The van der Waals surface area contributed by atoms with Gasteiger partial charge in [-0.3, -0.25) is 0 Å². The van der Waals surface area contributed by atoms with Crippen LogP contribution >= 0.6 is 0 Å². The summed E-state index contributed by atoms with van der Waals surface area (Å²) in [7, 11) is 0. The quantitative estimate of drug-likeness (QED) is 0.0503. The first kappa shape index (κ1) is 34.8. The molecule has 0 bridgehead atoms. The van der Waals surface area contributed by atoms with E-state index < -0.39 is 29.2 Å². The number of hydrogen-bond donors (Lipinski definition) is 0. The molecule has 1 unspecified atom stereocenters. The number of unbranched alkanes of at least 4 members (excludes halogenated alkanes) is 8. The van der Waals surface area contributed by atoms with Crippen molar-refractivity contribution >= 4 is 0 Å². The fourth-order valence-corrected chi connectivity index (χ4v) is 4.89. The molecule has 0 saturated heterocycles. The van der Waals surface area contributed by atoms with Crippen LogP contribution in [0.4, 0.5) is 17.6 Å². The predicted octanol–water partition coefficient (Wildman–Crippen LogP) is 10.0. The minimum atomic E-state index is -1.76. The van der Waals surface area contributed by atoms with Gasteiger partial charge in [-0.05, 0) is 78.9 Å². The maximum absolute atomic E-state index is 14.0. The van der Waals surface area contributed by atoms with Gasteiger partial charge in [-0.1, -0.05) is 64.7 Å². The van der Waals surface area contributed by atoms with Gasteiger partial charge in [0.25, 0.3) is 5.97 Å². The summed E-state index contributed by atoms with van der Waals surface area (Å²) in [6.45, 7) is 14.2. The molecule has 3 nitrogen and oxygen atoms in total. The van der Waals surface area contributed by atoms with Gasteiger partial charge in [0.15, 0.2) is 23.3 Å². The first-order valence-electron chi connectivity index (χ1n) is 14.8. The topological polar surface area (TPSA) is 27.7 Å². The smallest absolute Gasteiger partial charge is 0.286 e. The second kappa shape index (κ2) is 18.2. The summed E-state index contributed by atoms with van der Waals surface area (Å²) in [5, 5.41) is 0. The van der Waals surface area contributed by atoms with E-state index >= 15 is 0 Å². The molecule has 1 aromatic rings. The van der Waals surface area contributed by atoms with Gasteiger partial charge in [0.1, 0.15) is 0 Å². The molecule has 0 radical (unpaired) electrons. The molecule has 0 aliphatic carbocycles. The van der Waals surface area contributed by atoms with Crippen LogP contribution in [0.3, 0.4) is 0 Å². The molecule has 1 aromatic carbocycles. The van der Waals surface area contributed by atoms with E-state index in [1.165, 1.54) is 25.7 Å². The second-order valence-corrected chi connectivity index (χ2v) is 11.3. The normalized spacial score (nSPS) is 13.3. The Morgan fingerprint density at radius 2 is 1.05 bits per heavy atom. The van der Waals surface area contributed by atoms with Gasteiger partial charge < -0.3 is 14.2 Å². The number of benzene rings is 1. The van der Waals surface area contributed by atoms with Gasteiger partial charge in [-0.2, -0.15) is 0 Å². The Hall–Kier alpha value is -1.18. The maximum atomic E-state index is 14.0. The summed E-state index contributed by atoms with van der Waals surface area (Å²) < 4.78 is 73.4. The summed E-state index contributed by atoms with van der Waals surface area (Å²) in [5.41, 5.74) is -0.123. The predicted molar refractivity (Wildman–Crippen MR) is 146 cm³/mol. The molecule has 0 aromatic heterocycles. The van der Waals surface area contributed by atoms with E-state index in [0.29, 0.717) is 6.42 Å². The van der Waals surface area contributed by atoms with Crippen LogP contribution in [0.1, 0.15) is 131 Å². The molecule has 0 amide bonds. The highest BCUT2D eigenvalue weighted by Crippen LogP contribution is 2.37. The number of ether oxygens (including phenoxy) is 3. The fraction of sp³-hybridized carbons (Fsp3) is 0.806. The first-order valence-corrected chi connectivity index (χ1v) is 14.8. The number of hydrogen-bond acceptors (Lipinski definition) is 3. The van der Waals surface area contributed by atoms with Crippen LogP contribution in [0.15, 0.2) is 6.07 Å². The van der Waals surface area contributed by atoms with E-state index in [-0.39, 0.29) is 36.2 Å². The van der Waals surface area contributed by atoms with E-state index in [1.54, 1.807) is 0 Å². The Kier molecular flexibility index (Phi) is 16.7. The van der Waals surface area contributed by atoms with Crippen LogP contribution in [0.5, 0.6) is 0 Å². The SMILES string of the molecule is CCCCCCCCC(CCCCCCc1cc(F)c(F)c(F)c1F)C(OC(C)C)(OC(C)C)OC(C)C. The van der Waals surface area contributed by atoms with E-state index in [2.05, 4.69) is 6.92 Å². The first-order chi connectivity index (χ1) is 17.9. The highest BCUT2D eigenvalue weighted by atomic mass is 19.2. The zero-order valence-corrected chi connectivity index (χ0v) is 24.8. The van der Waals surface area contributed by atoms with Crippen molar-refractivity contribution in [1.82, 2.24) is 0 Å². The molecule has 0 spiro atoms.